The SMILES string of the molecule is CC(=O)c1cc(CCC(=O)NCc2ccccc2Cl)oc1C. The fourth-order valence-electron chi connectivity index (χ4n) is 2.18. The third-order valence-corrected chi connectivity index (χ3v) is 3.75. The Morgan fingerprint density at radius 1 is 1.27 bits per heavy atom. The maximum absolute atomic E-state index is 11.9. The van der Waals surface area contributed by atoms with Gasteiger partial charge in [-0.1, -0.05) is 29.8 Å². The van der Waals surface area contributed by atoms with E-state index in [1.54, 1.807) is 19.1 Å². The van der Waals surface area contributed by atoms with Gasteiger partial charge < -0.3 is 9.73 Å². The Hall–Kier alpha value is -2.07. The van der Waals surface area contributed by atoms with Crippen LogP contribution in [0.4, 0.5) is 0 Å². The van der Waals surface area contributed by atoms with Crippen molar-refractivity contribution in [3.63, 3.8) is 0 Å². The zero-order valence-corrected chi connectivity index (χ0v) is 13.4. The van der Waals surface area contributed by atoms with Gasteiger partial charge in [-0.15, -0.1) is 0 Å². The van der Waals surface area contributed by atoms with Gasteiger partial charge in [0.1, 0.15) is 11.5 Å². The van der Waals surface area contributed by atoms with Crippen LogP contribution in [-0.2, 0) is 17.8 Å². The molecule has 0 saturated heterocycles. The lowest BCUT2D eigenvalue weighted by Crippen LogP contribution is -2.23. The summed E-state index contributed by atoms with van der Waals surface area (Å²) >= 11 is 6.03. The molecule has 0 aliphatic rings. The third-order valence-electron chi connectivity index (χ3n) is 3.38. The Labute approximate surface area is 134 Å². The number of rotatable bonds is 6. The molecular formula is C17H18ClNO3. The number of hydrogen-bond acceptors (Lipinski definition) is 3. The van der Waals surface area contributed by atoms with Gasteiger partial charge in [-0.25, -0.2) is 0 Å². The summed E-state index contributed by atoms with van der Waals surface area (Å²) in [6, 6.07) is 9.09. The average Bonchev–Trinajstić information content (AvgIpc) is 2.85. The summed E-state index contributed by atoms with van der Waals surface area (Å²) in [7, 11) is 0. The second kappa shape index (κ2) is 7.27. The first kappa shape index (κ1) is 16.3. The minimum absolute atomic E-state index is 0.0318. The van der Waals surface area contributed by atoms with Crippen molar-refractivity contribution in [2.75, 3.05) is 0 Å². The van der Waals surface area contributed by atoms with Crippen molar-refractivity contribution in [2.24, 2.45) is 0 Å². The van der Waals surface area contributed by atoms with Crippen LogP contribution < -0.4 is 5.32 Å². The number of halogens is 1. The van der Waals surface area contributed by atoms with Gasteiger partial charge in [0.25, 0.3) is 0 Å². The number of benzene rings is 1. The van der Waals surface area contributed by atoms with E-state index in [1.165, 1.54) is 6.92 Å². The minimum atomic E-state index is -0.0849. The first-order chi connectivity index (χ1) is 10.5. The standard InChI is InChI=1S/C17H18ClNO3/c1-11(20)15-9-14(22-12(15)2)7-8-17(21)19-10-13-5-3-4-6-16(13)18/h3-6,9H,7-8,10H2,1-2H3,(H,19,21). The highest BCUT2D eigenvalue weighted by Gasteiger charge is 2.12. The molecule has 0 radical (unpaired) electrons. The van der Waals surface area contributed by atoms with Gasteiger partial charge in [-0.2, -0.15) is 0 Å². The summed E-state index contributed by atoms with van der Waals surface area (Å²) in [5.74, 6) is 1.13. The lowest BCUT2D eigenvalue weighted by Gasteiger charge is -2.06. The second-order valence-electron chi connectivity index (χ2n) is 5.11. The minimum Gasteiger partial charge on any atom is -0.466 e. The molecule has 0 aliphatic carbocycles. The number of amides is 1. The van der Waals surface area contributed by atoms with Gasteiger partial charge in [-0.05, 0) is 31.5 Å². The van der Waals surface area contributed by atoms with Gasteiger partial charge in [0.2, 0.25) is 5.91 Å². The van der Waals surface area contributed by atoms with Crippen molar-refractivity contribution < 1.29 is 14.0 Å². The van der Waals surface area contributed by atoms with Crippen molar-refractivity contribution in [1.82, 2.24) is 5.32 Å². The van der Waals surface area contributed by atoms with E-state index in [4.69, 9.17) is 16.0 Å². The van der Waals surface area contributed by atoms with Gasteiger partial charge in [0, 0.05) is 24.4 Å². The Morgan fingerprint density at radius 3 is 2.64 bits per heavy atom. The molecule has 0 saturated carbocycles. The van der Waals surface area contributed by atoms with Crippen LogP contribution in [0, 0.1) is 6.92 Å². The van der Waals surface area contributed by atoms with E-state index in [2.05, 4.69) is 5.32 Å². The van der Waals surface area contributed by atoms with Crippen LogP contribution in [0.2, 0.25) is 5.02 Å². The number of Topliss-reactive ketones (excluding diaryl/α,β-unsaturated/α-hetero) is 1. The zero-order chi connectivity index (χ0) is 16.1. The highest BCUT2D eigenvalue weighted by molar-refractivity contribution is 6.31. The molecule has 1 aromatic heterocycles. The Morgan fingerprint density at radius 2 is 2.00 bits per heavy atom. The number of furan rings is 1. The predicted octanol–water partition coefficient (Wildman–Crippen LogP) is 3.69. The number of carbonyl (C=O) groups is 2. The Bertz CT molecular complexity index is 691. The summed E-state index contributed by atoms with van der Waals surface area (Å²) < 4.78 is 5.49. The first-order valence-corrected chi connectivity index (χ1v) is 7.45. The number of carbonyl (C=O) groups excluding carboxylic acids is 2. The maximum Gasteiger partial charge on any atom is 0.220 e. The van der Waals surface area contributed by atoms with Crippen LogP contribution in [0.5, 0.6) is 0 Å². The molecule has 4 nitrogen and oxygen atoms in total. The van der Waals surface area contributed by atoms with Crippen LogP contribution in [0.15, 0.2) is 34.7 Å². The number of ketones is 1. The smallest absolute Gasteiger partial charge is 0.220 e. The largest absolute Gasteiger partial charge is 0.466 e. The molecule has 0 bridgehead atoms. The van der Waals surface area contributed by atoms with E-state index >= 15 is 0 Å². The molecule has 1 heterocycles. The van der Waals surface area contributed by atoms with Gasteiger partial charge in [0.05, 0.1) is 5.56 Å². The second-order valence-corrected chi connectivity index (χ2v) is 5.51. The normalized spacial score (nSPS) is 10.5. The average molecular weight is 320 g/mol. The maximum atomic E-state index is 11.9. The molecule has 0 fully saturated rings. The number of hydrogen-bond donors (Lipinski definition) is 1. The summed E-state index contributed by atoms with van der Waals surface area (Å²) in [5.41, 5.74) is 1.46. The van der Waals surface area contributed by atoms with Crippen LogP contribution in [0.3, 0.4) is 0 Å². The molecule has 22 heavy (non-hydrogen) atoms. The van der Waals surface area contributed by atoms with E-state index in [1.807, 2.05) is 18.2 Å². The van der Waals surface area contributed by atoms with Gasteiger partial charge in [0.15, 0.2) is 5.78 Å². The molecule has 0 spiro atoms. The van der Waals surface area contributed by atoms with Gasteiger partial charge in [-0.3, -0.25) is 9.59 Å². The van der Waals surface area contributed by atoms with Crippen LogP contribution in [-0.4, -0.2) is 11.7 Å². The molecule has 5 heteroatoms. The van der Waals surface area contributed by atoms with Crippen molar-refractivity contribution in [1.29, 1.82) is 0 Å². The highest BCUT2D eigenvalue weighted by atomic mass is 35.5. The van der Waals surface area contributed by atoms with Crippen molar-refractivity contribution in [3.8, 4) is 0 Å². The van der Waals surface area contributed by atoms with E-state index < -0.39 is 0 Å². The van der Waals surface area contributed by atoms with Crippen molar-refractivity contribution in [2.45, 2.75) is 33.2 Å². The molecule has 0 atom stereocenters. The van der Waals surface area contributed by atoms with E-state index in [0.717, 1.165) is 5.56 Å². The third kappa shape index (κ3) is 4.21. The van der Waals surface area contributed by atoms with Gasteiger partial charge >= 0.3 is 0 Å². The van der Waals surface area contributed by atoms with Crippen molar-refractivity contribution in [3.05, 3.63) is 58.0 Å². The summed E-state index contributed by atoms with van der Waals surface area (Å²) in [4.78, 5) is 23.2. The predicted molar refractivity (Wildman–Crippen MR) is 85.1 cm³/mol. The molecule has 0 unspecified atom stereocenters. The molecule has 2 aromatic rings. The van der Waals surface area contributed by atoms with E-state index in [-0.39, 0.29) is 11.7 Å². The summed E-state index contributed by atoms with van der Waals surface area (Å²) in [5, 5.41) is 3.46. The fourth-order valence-corrected chi connectivity index (χ4v) is 2.38. The molecule has 2 rings (SSSR count). The van der Waals surface area contributed by atoms with Crippen LogP contribution in [0.25, 0.3) is 0 Å². The zero-order valence-electron chi connectivity index (χ0n) is 12.6. The molecule has 0 aliphatic heterocycles. The fraction of sp³-hybridized carbons (Fsp3) is 0.294. The molecule has 1 amide bonds. The van der Waals surface area contributed by atoms with Crippen LogP contribution in [0.1, 0.15) is 40.8 Å². The Kier molecular flexibility index (Phi) is 5.39. The molecule has 116 valence electrons. The lowest BCUT2D eigenvalue weighted by molar-refractivity contribution is -0.121. The number of nitrogens with one attached hydrogen (secondary N) is 1. The quantitative estimate of drug-likeness (QED) is 0.826. The topological polar surface area (TPSA) is 59.3 Å². The van der Waals surface area contributed by atoms with Crippen molar-refractivity contribution >= 4 is 23.3 Å². The van der Waals surface area contributed by atoms with Crippen LogP contribution >= 0.6 is 11.6 Å². The highest BCUT2D eigenvalue weighted by Crippen LogP contribution is 2.17. The molecule has 1 aromatic carbocycles. The summed E-state index contributed by atoms with van der Waals surface area (Å²) in [6.07, 6.45) is 0.761. The summed E-state index contributed by atoms with van der Waals surface area (Å²) in [6.45, 7) is 3.64. The number of aryl methyl sites for hydroxylation is 2. The van der Waals surface area contributed by atoms with E-state index in [0.29, 0.717) is 41.5 Å². The molecule has 1 N–H and O–H groups in total. The lowest BCUT2D eigenvalue weighted by atomic mass is 10.1. The molecular weight excluding hydrogens is 302 g/mol. The van der Waals surface area contributed by atoms with E-state index in [9.17, 15) is 9.59 Å². The monoisotopic (exact) mass is 319 g/mol. The Balaban J connectivity index is 1.84. The first-order valence-electron chi connectivity index (χ1n) is 7.07.